The van der Waals surface area contributed by atoms with E-state index >= 15 is 0 Å². The lowest BCUT2D eigenvalue weighted by atomic mass is 9.82. The van der Waals surface area contributed by atoms with Gasteiger partial charge >= 0.3 is 0 Å². The Morgan fingerprint density at radius 3 is 2.31 bits per heavy atom. The molecule has 2 saturated heterocycles. The van der Waals surface area contributed by atoms with Crippen LogP contribution in [-0.2, 0) is 11.3 Å². The second kappa shape index (κ2) is 6.92. The molecule has 134 valence electrons. The van der Waals surface area contributed by atoms with Gasteiger partial charge in [0.25, 0.3) is 5.91 Å². The molecule has 0 spiro atoms. The summed E-state index contributed by atoms with van der Waals surface area (Å²) in [6, 6.07) is 17.4. The van der Waals surface area contributed by atoms with Gasteiger partial charge in [-0.15, -0.1) is 0 Å². The van der Waals surface area contributed by atoms with E-state index in [1.54, 1.807) is 24.3 Å². The maximum atomic E-state index is 12.8. The zero-order valence-electron chi connectivity index (χ0n) is 14.7. The number of amides is 1. The largest absolute Gasteiger partial charge is 0.399 e. The van der Waals surface area contributed by atoms with Crippen LogP contribution >= 0.6 is 0 Å². The topological polar surface area (TPSA) is 66.6 Å². The number of carbonyl (C=O) groups is 2. The van der Waals surface area contributed by atoms with Crippen LogP contribution in [0.4, 0.5) is 5.69 Å². The zero-order valence-corrected chi connectivity index (χ0v) is 14.7. The third-order valence-electron chi connectivity index (χ3n) is 5.31. The molecule has 2 fully saturated rings. The van der Waals surface area contributed by atoms with Crippen molar-refractivity contribution in [2.24, 2.45) is 11.8 Å². The molecule has 5 nitrogen and oxygen atoms in total. The molecule has 2 aromatic rings. The molecule has 2 aliphatic heterocycles. The minimum atomic E-state index is -0.101. The van der Waals surface area contributed by atoms with Crippen molar-refractivity contribution in [2.75, 3.05) is 31.9 Å². The molecule has 2 N–H and O–H groups in total. The van der Waals surface area contributed by atoms with Gasteiger partial charge in [0.15, 0.2) is 0 Å². The zero-order chi connectivity index (χ0) is 18.1. The molecule has 2 aliphatic rings. The Morgan fingerprint density at radius 1 is 0.962 bits per heavy atom. The summed E-state index contributed by atoms with van der Waals surface area (Å²) in [6.45, 7) is 3.27. The number of piperidine rings is 2. The molecule has 2 heterocycles. The molecule has 4 rings (SSSR count). The maximum Gasteiger partial charge on any atom is 0.253 e. The molecule has 1 amide bonds. The van der Waals surface area contributed by atoms with E-state index in [9.17, 15) is 9.59 Å². The van der Waals surface area contributed by atoms with Crippen LogP contribution in [0.25, 0.3) is 0 Å². The monoisotopic (exact) mass is 349 g/mol. The second-order valence-electron chi connectivity index (χ2n) is 7.31. The Morgan fingerprint density at radius 2 is 1.65 bits per heavy atom. The normalized spacial score (nSPS) is 23.1. The first-order valence-corrected chi connectivity index (χ1v) is 9.05. The summed E-state index contributed by atoms with van der Waals surface area (Å²) in [5.74, 6) is 0.0784. The van der Waals surface area contributed by atoms with E-state index < -0.39 is 0 Å². The number of ketones is 1. The summed E-state index contributed by atoms with van der Waals surface area (Å²) in [5, 5.41) is 0. The number of likely N-dealkylation sites (tertiary alicyclic amines) is 2. The van der Waals surface area contributed by atoms with Crippen LogP contribution in [0.15, 0.2) is 54.6 Å². The predicted octanol–water partition coefficient (Wildman–Crippen LogP) is 2.04. The van der Waals surface area contributed by atoms with E-state index in [1.807, 2.05) is 23.1 Å². The second-order valence-corrected chi connectivity index (χ2v) is 7.31. The average molecular weight is 349 g/mol. The Balaban J connectivity index is 1.46. The van der Waals surface area contributed by atoms with Crippen molar-refractivity contribution in [1.29, 1.82) is 0 Å². The highest BCUT2D eigenvalue weighted by Gasteiger charge is 2.42. The first-order chi connectivity index (χ1) is 12.6. The van der Waals surface area contributed by atoms with E-state index in [-0.39, 0.29) is 17.7 Å². The Labute approximate surface area is 153 Å². The first-order valence-electron chi connectivity index (χ1n) is 9.05. The lowest BCUT2D eigenvalue weighted by molar-refractivity contribution is -0.136. The fourth-order valence-corrected chi connectivity index (χ4v) is 4.10. The minimum absolute atomic E-state index is 0.0312. The van der Waals surface area contributed by atoms with Crippen LogP contribution in [0.2, 0.25) is 0 Å². The summed E-state index contributed by atoms with van der Waals surface area (Å²) in [5.41, 5.74) is 8.23. The minimum Gasteiger partial charge on any atom is -0.399 e. The molecule has 0 aliphatic carbocycles. The number of rotatable bonds is 3. The average Bonchev–Trinajstić information content (AvgIpc) is 2.63. The maximum absolute atomic E-state index is 12.8. The van der Waals surface area contributed by atoms with Crippen molar-refractivity contribution in [3.05, 3.63) is 65.7 Å². The van der Waals surface area contributed by atoms with Crippen molar-refractivity contribution < 1.29 is 9.59 Å². The van der Waals surface area contributed by atoms with Crippen molar-refractivity contribution >= 4 is 17.4 Å². The predicted molar refractivity (Wildman–Crippen MR) is 100 cm³/mol. The van der Waals surface area contributed by atoms with Crippen molar-refractivity contribution in [2.45, 2.75) is 6.54 Å². The number of hydrogen-bond acceptors (Lipinski definition) is 4. The number of nitrogen functional groups attached to an aromatic ring is 1. The van der Waals surface area contributed by atoms with Gasteiger partial charge in [0.1, 0.15) is 5.78 Å². The molecule has 2 unspecified atom stereocenters. The van der Waals surface area contributed by atoms with Crippen LogP contribution in [0, 0.1) is 11.8 Å². The van der Waals surface area contributed by atoms with E-state index in [4.69, 9.17) is 5.73 Å². The lowest BCUT2D eigenvalue weighted by Gasteiger charge is -2.44. The molecule has 5 heteroatoms. The summed E-state index contributed by atoms with van der Waals surface area (Å²) >= 11 is 0. The van der Waals surface area contributed by atoms with Crippen LogP contribution in [0.1, 0.15) is 15.9 Å². The van der Waals surface area contributed by atoms with Gasteiger partial charge in [-0.05, 0) is 23.8 Å². The molecule has 0 radical (unpaired) electrons. The Kier molecular flexibility index (Phi) is 4.47. The summed E-state index contributed by atoms with van der Waals surface area (Å²) in [4.78, 5) is 29.6. The molecule has 2 atom stereocenters. The molecule has 2 bridgehead atoms. The van der Waals surface area contributed by atoms with Gasteiger partial charge in [-0.25, -0.2) is 0 Å². The molecular weight excluding hydrogens is 326 g/mol. The molecule has 0 saturated carbocycles. The van der Waals surface area contributed by atoms with Gasteiger partial charge in [-0.1, -0.05) is 36.4 Å². The van der Waals surface area contributed by atoms with Crippen LogP contribution in [0.5, 0.6) is 0 Å². The van der Waals surface area contributed by atoms with Crippen LogP contribution in [0.3, 0.4) is 0 Å². The van der Waals surface area contributed by atoms with Gasteiger partial charge in [-0.2, -0.15) is 0 Å². The summed E-state index contributed by atoms with van der Waals surface area (Å²) < 4.78 is 0. The number of Topliss-reactive ketones (excluding diaryl/α,β-unsaturated/α-hetero) is 1. The fourth-order valence-electron chi connectivity index (χ4n) is 4.10. The quantitative estimate of drug-likeness (QED) is 0.861. The number of carbonyl (C=O) groups excluding carboxylic acids is 2. The summed E-state index contributed by atoms with van der Waals surface area (Å²) in [6.07, 6.45) is 0. The van der Waals surface area contributed by atoms with E-state index in [1.165, 1.54) is 5.56 Å². The number of benzene rings is 2. The molecule has 0 aromatic heterocycles. The van der Waals surface area contributed by atoms with E-state index in [2.05, 4.69) is 17.0 Å². The highest BCUT2D eigenvalue weighted by atomic mass is 16.2. The lowest BCUT2D eigenvalue weighted by Crippen LogP contribution is -2.59. The molecule has 26 heavy (non-hydrogen) atoms. The van der Waals surface area contributed by atoms with Crippen molar-refractivity contribution in [1.82, 2.24) is 9.80 Å². The first kappa shape index (κ1) is 16.8. The highest BCUT2D eigenvalue weighted by Crippen LogP contribution is 2.28. The Bertz CT molecular complexity index is 803. The number of nitrogens with two attached hydrogens (primary N) is 1. The van der Waals surface area contributed by atoms with E-state index in [0.717, 1.165) is 6.54 Å². The third-order valence-corrected chi connectivity index (χ3v) is 5.31. The number of anilines is 1. The number of hydrogen-bond donors (Lipinski definition) is 1. The van der Waals surface area contributed by atoms with Crippen LogP contribution < -0.4 is 5.73 Å². The number of nitrogens with zero attached hydrogens (tertiary/aromatic N) is 2. The van der Waals surface area contributed by atoms with Gasteiger partial charge in [0.05, 0.1) is 0 Å². The SMILES string of the molecule is Nc1cccc(C(=O)N2CC3CN(Cc4ccccc4)CC(C2)C3=O)c1. The summed E-state index contributed by atoms with van der Waals surface area (Å²) in [7, 11) is 0. The van der Waals surface area contributed by atoms with Crippen LogP contribution in [-0.4, -0.2) is 47.7 Å². The standard InChI is InChI=1S/C21H23N3O2/c22-19-8-4-7-16(9-19)21(26)24-13-17-11-23(12-18(14-24)20(17)25)10-15-5-2-1-3-6-15/h1-9,17-18H,10-14,22H2. The van der Waals surface area contributed by atoms with Gasteiger partial charge in [0, 0.05) is 55.8 Å². The highest BCUT2D eigenvalue weighted by molar-refractivity contribution is 5.97. The van der Waals surface area contributed by atoms with E-state index in [0.29, 0.717) is 43.2 Å². The molecule has 2 aromatic carbocycles. The van der Waals surface area contributed by atoms with Gasteiger partial charge in [0.2, 0.25) is 0 Å². The Hall–Kier alpha value is -2.66. The van der Waals surface area contributed by atoms with Crippen molar-refractivity contribution in [3.63, 3.8) is 0 Å². The smallest absolute Gasteiger partial charge is 0.253 e. The fraction of sp³-hybridized carbons (Fsp3) is 0.333. The van der Waals surface area contributed by atoms with Crippen molar-refractivity contribution in [3.8, 4) is 0 Å². The van der Waals surface area contributed by atoms with Gasteiger partial charge < -0.3 is 10.6 Å². The molecular formula is C21H23N3O2. The number of fused-ring (bicyclic) bond motifs is 2. The third kappa shape index (κ3) is 3.35. The van der Waals surface area contributed by atoms with Gasteiger partial charge in [-0.3, -0.25) is 14.5 Å².